The van der Waals surface area contributed by atoms with Crippen molar-refractivity contribution in [1.29, 1.82) is 0 Å². The molecule has 0 unspecified atom stereocenters. The van der Waals surface area contributed by atoms with Gasteiger partial charge in [-0.15, -0.1) is 0 Å². The first-order valence-electron chi connectivity index (χ1n) is 9.29. The molecule has 7 atom stereocenters. The molecule has 0 aromatic carbocycles. The van der Waals surface area contributed by atoms with Gasteiger partial charge in [0.15, 0.2) is 5.78 Å². The summed E-state index contributed by atoms with van der Waals surface area (Å²) in [4.78, 5) is 11.8. The highest BCUT2D eigenvalue weighted by molar-refractivity contribution is 5.91. The van der Waals surface area contributed by atoms with E-state index >= 15 is 0 Å². The van der Waals surface area contributed by atoms with Crippen molar-refractivity contribution in [2.24, 2.45) is 35.0 Å². The lowest BCUT2D eigenvalue weighted by molar-refractivity contribution is -0.121. The van der Waals surface area contributed by atoms with E-state index in [0.29, 0.717) is 23.5 Å². The Morgan fingerprint density at radius 1 is 1.18 bits per heavy atom. The zero-order valence-electron chi connectivity index (χ0n) is 14.3. The van der Waals surface area contributed by atoms with Gasteiger partial charge in [0.05, 0.1) is 5.60 Å². The van der Waals surface area contributed by atoms with Crippen molar-refractivity contribution in [3.05, 3.63) is 11.6 Å². The molecule has 3 saturated carbocycles. The van der Waals surface area contributed by atoms with Gasteiger partial charge in [-0.2, -0.15) is 0 Å². The number of allylic oxidation sites excluding steroid dienone is 1. The SMILES string of the molecule is C[C@@H]1CC2=CC(=O)CC[C@@H]2[C@@H]2CC[C@@]3(C)[C@@H](CC[C@]3(C)O)[C@@H]21. The van der Waals surface area contributed by atoms with Gasteiger partial charge in [0.1, 0.15) is 0 Å². The molecule has 3 fully saturated rings. The topological polar surface area (TPSA) is 37.3 Å². The third-order valence-electron chi connectivity index (χ3n) is 8.20. The van der Waals surface area contributed by atoms with Crippen LogP contribution in [0.4, 0.5) is 0 Å². The molecule has 4 aliphatic rings. The number of carbonyl (C=O) groups is 1. The van der Waals surface area contributed by atoms with Gasteiger partial charge >= 0.3 is 0 Å². The van der Waals surface area contributed by atoms with Gasteiger partial charge in [-0.25, -0.2) is 0 Å². The van der Waals surface area contributed by atoms with Crippen molar-refractivity contribution in [3.8, 4) is 0 Å². The van der Waals surface area contributed by atoms with Gasteiger partial charge in [-0.3, -0.25) is 4.79 Å². The van der Waals surface area contributed by atoms with Crippen LogP contribution in [0, 0.1) is 35.0 Å². The molecule has 4 aliphatic carbocycles. The first-order chi connectivity index (χ1) is 10.3. The molecule has 0 aliphatic heterocycles. The van der Waals surface area contributed by atoms with Gasteiger partial charge in [0.2, 0.25) is 0 Å². The number of carbonyl (C=O) groups excluding carboxylic acids is 1. The molecule has 22 heavy (non-hydrogen) atoms. The Balaban J connectivity index is 1.69. The summed E-state index contributed by atoms with van der Waals surface area (Å²) in [7, 11) is 0. The van der Waals surface area contributed by atoms with E-state index in [4.69, 9.17) is 0 Å². The second-order valence-corrected chi connectivity index (χ2v) is 9.13. The number of rotatable bonds is 0. The lowest BCUT2D eigenvalue weighted by Gasteiger charge is -2.57. The maximum Gasteiger partial charge on any atom is 0.155 e. The number of hydrogen-bond acceptors (Lipinski definition) is 2. The van der Waals surface area contributed by atoms with Gasteiger partial charge in [0.25, 0.3) is 0 Å². The normalized spacial score (nSPS) is 54.3. The fraction of sp³-hybridized carbons (Fsp3) is 0.850. The van der Waals surface area contributed by atoms with E-state index in [1.165, 1.54) is 18.4 Å². The molecular formula is C20H30O2. The Kier molecular flexibility index (Phi) is 3.18. The predicted molar refractivity (Wildman–Crippen MR) is 87.3 cm³/mol. The first-order valence-corrected chi connectivity index (χ1v) is 9.29. The molecule has 0 saturated heterocycles. The van der Waals surface area contributed by atoms with Crippen LogP contribution in [0.3, 0.4) is 0 Å². The summed E-state index contributed by atoms with van der Waals surface area (Å²) in [6.07, 6.45) is 9.51. The van der Waals surface area contributed by atoms with Gasteiger partial charge in [-0.1, -0.05) is 19.4 Å². The maximum atomic E-state index is 11.8. The van der Waals surface area contributed by atoms with Gasteiger partial charge in [-0.05, 0) is 86.5 Å². The van der Waals surface area contributed by atoms with Crippen molar-refractivity contribution in [1.82, 2.24) is 0 Å². The van der Waals surface area contributed by atoms with E-state index in [1.807, 2.05) is 6.08 Å². The van der Waals surface area contributed by atoms with E-state index in [2.05, 4.69) is 20.8 Å². The fourth-order valence-electron chi connectivity index (χ4n) is 6.83. The molecular weight excluding hydrogens is 272 g/mol. The van der Waals surface area contributed by atoms with Crippen LogP contribution in [0.25, 0.3) is 0 Å². The van der Waals surface area contributed by atoms with Crippen molar-refractivity contribution in [2.75, 3.05) is 0 Å². The molecule has 0 aromatic rings. The van der Waals surface area contributed by atoms with Crippen LogP contribution >= 0.6 is 0 Å². The molecule has 4 rings (SSSR count). The monoisotopic (exact) mass is 302 g/mol. The van der Waals surface area contributed by atoms with E-state index < -0.39 is 5.60 Å². The van der Waals surface area contributed by atoms with E-state index in [9.17, 15) is 9.90 Å². The fourth-order valence-corrected chi connectivity index (χ4v) is 6.83. The molecule has 0 amide bonds. The number of aliphatic hydroxyl groups is 1. The highest BCUT2D eigenvalue weighted by Gasteiger charge is 2.61. The minimum Gasteiger partial charge on any atom is -0.390 e. The van der Waals surface area contributed by atoms with E-state index in [1.54, 1.807) is 0 Å². The summed E-state index contributed by atoms with van der Waals surface area (Å²) in [5, 5.41) is 10.9. The Labute approximate surface area is 134 Å². The Morgan fingerprint density at radius 3 is 2.73 bits per heavy atom. The lowest BCUT2D eigenvalue weighted by Crippen LogP contribution is -2.53. The Bertz CT molecular complexity index is 532. The molecule has 0 bridgehead atoms. The van der Waals surface area contributed by atoms with Crippen LogP contribution in [0.5, 0.6) is 0 Å². The lowest BCUT2D eigenvalue weighted by atomic mass is 9.48. The Morgan fingerprint density at radius 2 is 1.95 bits per heavy atom. The zero-order valence-corrected chi connectivity index (χ0v) is 14.3. The molecule has 1 N–H and O–H groups in total. The van der Waals surface area contributed by atoms with E-state index in [0.717, 1.165) is 43.9 Å². The molecule has 0 aromatic heterocycles. The average Bonchev–Trinajstić information content (AvgIpc) is 2.69. The predicted octanol–water partition coefficient (Wildman–Crippen LogP) is 4.13. The molecule has 122 valence electrons. The average molecular weight is 302 g/mol. The minimum atomic E-state index is -0.485. The summed E-state index contributed by atoms with van der Waals surface area (Å²) >= 11 is 0. The molecule has 2 nitrogen and oxygen atoms in total. The first kappa shape index (κ1) is 14.9. The van der Waals surface area contributed by atoms with Crippen LogP contribution in [0.2, 0.25) is 0 Å². The minimum absolute atomic E-state index is 0.105. The molecule has 0 radical (unpaired) electrons. The quantitative estimate of drug-likeness (QED) is 0.730. The highest BCUT2D eigenvalue weighted by Crippen LogP contribution is 2.65. The Hall–Kier alpha value is -0.630. The third kappa shape index (κ3) is 1.85. The molecule has 2 heteroatoms. The zero-order chi connectivity index (χ0) is 15.7. The number of hydrogen-bond donors (Lipinski definition) is 1. The molecule has 0 heterocycles. The van der Waals surface area contributed by atoms with Gasteiger partial charge < -0.3 is 5.11 Å². The van der Waals surface area contributed by atoms with E-state index in [-0.39, 0.29) is 5.41 Å². The number of ketones is 1. The second kappa shape index (κ2) is 4.69. The van der Waals surface area contributed by atoms with Gasteiger partial charge in [0, 0.05) is 6.42 Å². The van der Waals surface area contributed by atoms with Crippen molar-refractivity contribution >= 4 is 5.78 Å². The summed E-state index contributed by atoms with van der Waals surface area (Å²) in [5.41, 5.74) is 1.08. The third-order valence-corrected chi connectivity index (χ3v) is 8.20. The summed E-state index contributed by atoms with van der Waals surface area (Å²) in [6.45, 7) is 6.82. The van der Waals surface area contributed by atoms with Crippen molar-refractivity contribution in [3.63, 3.8) is 0 Å². The largest absolute Gasteiger partial charge is 0.390 e. The smallest absolute Gasteiger partial charge is 0.155 e. The maximum absolute atomic E-state index is 11.8. The van der Waals surface area contributed by atoms with Crippen molar-refractivity contribution < 1.29 is 9.90 Å². The van der Waals surface area contributed by atoms with Crippen LogP contribution in [-0.4, -0.2) is 16.5 Å². The highest BCUT2D eigenvalue weighted by atomic mass is 16.3. The second-order valence-electron chi connectivity index (χ2n) is 9.13. The summed E-state index contributed by atoms with van der Waals surface area (Å²) < 4.78 is 0. The van der Waals surface area contributed by atoms with Crippen LogP contribution in [0.1, 0.15) is 65.7 Å². The van der Waals surface area contributed by atoms with Crippen LogP contribution < -0.4 is 0 Å². The number of fused-ring (bicyclic) bond motifs is 5. The van der Waals surface area contributed by atoms with Crippen LogP contribution in [-0.2, 0) is 4.79 Å². The summed E-state index contributed by atoms with van der Waals surface area (Å²) in [5.74, 6) is 3.86. The van der Waals surface area contributed by atoms with Crippen molar-refractivity contribution in [2.45, 2.75) is 71.3 Å². The standard InChI is InChI=1S/C20H30O2/c1-12-10-13-11-14(21)4-5-15(13)16-6-8-19(2)17(18(12)16)7-9-20(19,3)22/h11-12,15-18,22H,4-10H2,1-3H3/t12-,15+,16+,17+,18-,19+,20+/m1/s1. The summed E-state index contributed by atoms with van der Waals surface area (Å²) in [6, 6.07) is 0. The molecule has 0 spiro atoms. The van der Waals surface area contributed by atoms with Crippen LogP contribution in [0.15, 0.2) is 11.6 Å².